The van der Waals surface area contributed by atoms with Crippen LogP contribution in [0.4, 0.5) is 0 Å². The lowest BCUT2D eigenvalue weighted by molar-refractivity contribution is 0.101. The van der Waals surface area contributed by atoms with Gasteiger partial charge in [0, 0.05) is 6.61 Å². The van der Waals surface area contributed by atoms with Crippen molar-refractivity contribution in [2.24, 2.45) is 5.41 Å². The van der Waals surface area contributed by atoms with Gasteiger partial charge in [-0.2, -0.15) is 0 Å². The summed E-state index contributed by atoms with van der Waals surface area (Å²) < 4.78 is 10.8. The van der Waals surface area contributed by atoms with Gasteiger partial charge in [0.1, 0.15) is 11.5 Å². The average molecular weight is 250 g/mol. The molecule has 0 saturated heterocycles. The van der Waals surface area contributed by atoms with Crippen molar-refractivity contribution in [2.75, 3.05) is 20.3 Å². The third kappa shape index (κ3) is 3.16. The van der Waals surface area contributed by atoms with Crippen LogP contribution in [0.2, 0.25) is 0 Å². The van der Waals surface area contributed by atoms with Crippen molar-refractivity contribution in [1.29, 1.82) is 0 Å². The van der Waals surface area contributed by atoms with E-state index in [1.165, 1.54) is 12.8 Å². The van der Waals surface area contributed by atoms with Gasteiger partial charge in [-0.05, 0) is 48.9 Å². The van der Waals surface area contributed by atoms with Gasteiger partial charge in [-0.25, -0.2) is 0 Å². The quantitative estimate of drug-likeness (QED) is 0.843. The van der Waals surface area contributed by atoms with Gasteiger partial charge >= 0.3 is 0 Å². The number of ether oxygens (including phenoxy) is 2. The van der Waals surface area contributed by atoms with Gasteiger partial charge in [-0.15, -0.1) is 0 Å². The highest BCUT2D eigenvalue weighted by Gasteiger charge is 2.32. The van der Waals surface area contributed by atoms with Crippen LogP contribution >= 0.6 is 0 Å². The molecular formula is C15H22O3. The smallest absolute Gasteiger partial charge is 0.119 e. The van der Waals surface area contributed by atoms with Crippen LogP contribution in [0.25, 0.3) is 0 Å². The zero-order valence-electron chi connectivity index (χ0n) is 11.0. The minimum atomic E-state index is 0.118. The van der Waals surface area contributed by atoms with Gasteiger partial charge in [-0.3, -0.25) is 0 Å². The molecule has 0 radical (unpaired) electrons. The van der Waals surface area contributed by atoms with Crippen LogP contribution in [0.5, 0.6) is 11.5 Å². The maximum Gasteiger partial charge on any atom is 0.119 e. The molecule has 3 nitrogen and oxygen atoms in total. The summed E-state index contributed by atoms with van der Waals surface area (Å²) in [5.74, 6) is 1.70. The summed E-state index contributed by atoms with van der Waals surface area (Å²) in [6.07, 6.45) is 5.69. The van der Waals surface area contributed by atoms with Crippen LogP contribution in [0.3, 0.4) is 0 Å². The van der Waals surface area contributed by atoms with E-state index < -0.39 is 0 Å². The van der Waals surface area contributed by atoms with Gasteiger partial charge in [0.2, 0.25) is 0 Å². The molecule has 1 saturated carbocycles. The fraction of sp³-hybridized carbons (Fsp3) is 0.600. The summed E-state index contributed by atoms with van der Waals surface area (Å²) in [5.41, 5.74) is 0.118. The highest BCUT2D eigenvalue weighted by molar-refractivity contribution is 5.31. The summed E-state index contributed by atoms with van der Waals surface area (Å²) >= 11 is 0. The zero-order chi connectivity index (χ0) is 12.8. The van der Waals surface area contributed by atoms with E-state index in [1.807, 2.05) is 24.3 Å². The van der Waals surface area contributed by atoms with Gasteiger partial charge in [-0.1, -0.05) is 12.8 Å². The van der Waals surface area contributed by atoms with Crippen LogP contribution in [0.1, 0.15) is 32.1 Å². The van der Waals surface area contributed by atoms with E-state index in [9.17, 15) is 5.11 Å². The first kappa shape index (κ1) is 13.2. The molecule has 1 aliphatic carbocycles. The molecule has 0 bridgehead atoms. The molecule has 0 spiro atoms. The molecule has 3 heteroatoms. The minimum Gasteiger partial charge on any atom is -0.497 e. The van der Waals surface area contributed by atoms with Crippen LogP contribution in [-0.2, 0) is 0 Å². The van der Waals surface area contributed by atoms with Gasteiger partial charge in [0.25, 0.3) is 0 Å². The van der Waals surface area contributed by atoms with E-state index in [-0.39, 0.29) is 5.41 Å². The molecule has 0 amide bonds. The SMILES string of the molecule is COc1ccc(OCCC2(CO)CCCC2)cc1. The van der Waals surface area contributed by atoms with Crippen LogP contribution < -0.4 is 9.47 Å². The first-order valence-corrected chi connectivity index (χ1v) is 6.66. The Balaban J connectivity index is 1.80. The Kier molecular flexibility index (Phi) is 4.48. The Bertz CT molecular complexity index is 353. The molecule has 2 rings (SSSR count). The summed E-state index contributed by atoms with van der Waals surface area (Å²) in [6, 6.07) is 7.62. The highest BCUT2D eigenvalue weighted by Crippen LogP contribution is 2.40. The molecule has 0 atom stereocenters. The number of hydrogen-bond donors (Lipinski definition) is 1. The molecule has 0 heterocycles. The monoisotopic (exact) mass is 250 g/mol. The van der Waals surface area contributed by atoms with Crippen molar-refractivity contribution in [3.63, 3.8) is 0 Å². The third-order valence-electron chi connectivity index (χ3n) is 3.96. The van der Waals surface area contributed by atoms with Gasteiger partial charge < -0.3 is 14.6 Å². The second-order valence-electron chi connectivity index (χ2n) is 5.14. The number of aliphatic hydroxyl groups is 1. The molecule has 0 aliphatic heterocycles. The number of rotatable bonds is 6. The normalized spacial score (nSPS) is 17.7. The first-order valence-electron chi connectivity index (χ1n) is 6.66. The first-order chi connectivity index (χ1) is 8.78. The fourth-order valence-corrected chi connectivity index (χ4v) is 2.67. The van der Waals surface area contributed by atoms with E-state index in [4.69, 9.17) is 9.47 Å². The number of benzene rings is 1. The van der Waals surface area contributed by atoms with Crippen LogP contribution in [-0.4, -0.2) is 25.4 Å². The molecular weight excluding hydrogens is 228 g/mol. The number of aliphatic hydroxyl groups excluding tert-OH is 1. The molecule has 1 aromatic carbocycles. The van der Waals surface area contributed by atoms with Gasteiger partial charge in [0.15, 0.2) is 0 Å². The van der Waals surface area contributed by atoms with Crippen LogP contribution in [0, 0.1) is 5.41 Å². The van der Waals surface area contributed by atoms with Crippen LogP contribution in [0.15, 0.2) is 24.3 Å². The Labute approximate surface area is 109 Å². The summed E-state index contributed by atoms with van der Waals surface area (Å²) in [4.78, 5) is 0. The van der Waals surface area contributed by atoms with Crippen molar-refractivity contribution in [1.82, 2.24) is 0 Å². The minimum absolute atomic E-state index is 0.118. The predicted molar refractivity (Wildman–Crippen MR) is 71.1 cm³/mol. The zero-order valence-corrected chi connectivity index (χ0v) is 11.0. The van der Waals surface area contributed by atoms with Gasteiger partial charge in [0.05, 0.1) is 13.7 Å². The molecule has 0 unspecified atom stereocenters. The third-order valence-corrected chi connectivity index (χ3v) is 3.96. The van der Waals surface area contributed by atoms with Crippen molar-refractivity contribution in [3.05, 3.63) is 24.3 Å². The molecule has 18 heavy (non-hydrogen) atoms. The number of methoxy groups -OCH3 is 1. The summed E-state index contributed by atoms with van der Waals surface area (Å²) in [5, 5.41) is 9.51. The maximum atomic E-state index is 9.51. The topological polar surface area (TPSA) is 38.7 Å². The summed E-state index contributed by atoms with van der Waals surface area (Å²) in [7, 11) is 1.65. The predicted octanol–water partition coefficient (Wildman–Crippen LogP) is 3.02. The second kappa shape index (κ2) is 6.10. The molecule has 0 aromatic heterocycles. The molecule has 100 valence electrons. The second-order valence-corrected chi connectivity index (χ2v) is 5.14. The van der Waals surface area contributed by atoms with E-state index in [2.05, 4.69) is 0 Å². The van der Waals surface area contributed by atoms with Crippen molar-refractivity contribution in [3.8, 4) is 11.5 Å². The van der Waals surface area contributed by atoms with E-state index in [0.29, 0.717) is 13.2 Å². The molecule has 1 N–H and O–H groups in total. The molecule has 1 aromatic rings. The van der Waals surface area contributed by atoms with E-state index >= 15 is 0 Å². The maximum absolute atomic E-state index is 9.51. The average Bonchev–Trinajstić information content (AvgIpc) is 2.89. The largest absolute Gasteiger partial charge is 0.497 e. The highest BCUT2D eigenvalue weighted by atomic mass is 16.5. The lowest BCUT2D eigenvalue weighted by atomic mass is 9.84. The summed E-state index contributed by atoms with van der Waals surface area (Å²) in [6.45, 7) is 0.964. The Morgan fingerprint density at radius 3 is 2.28 bits per heavy atom. The molecule has 1 aliphatic rings. The Morgan fingerprint density at radius 1 is 1.11 bits per heavy atom. The van der Waals surface area contributed by atoms with E-state index in [0.717, 1.165) is 30.8 Å². The van der Waals surface area contributed by atoms with Crippen molar-refractivity contribution < 1.29 is 14.6 Å². The van der Waals surface area contributed by atoms with E-state index in [1.54, 1.807) is 7.11 Å². The Hall–Kier alpha value is -1.22. The molecule has 1 fully saturated rings. The van der Waals surface area contributed by atoms with Crippen molar-refractivity contribution >= 4 is 0 Å². The lowest BCUT2D eigenvalue weighted by Gasteiger charge is -2.26. The standard InChI is InChI=1S/C15H22O3/c1-17-13-4-6-14(7-5-13)18-11-10-15(12-16)8-2-3-9-15/h4-7,16H,2-3,8-12H2,1H3. The number of hydrogen-bond acceptors (Lipinski definition) is 3. The lowest BCUT2D eigenvalue weighted by Crippen LogP contribution is -2.24. The van der Waals surface area contributed by atoms with Crippen molar-refractivity contribution in [2.45, 2.75) is 32.1 Å². The fourth-order valence-electron chi connectivity index (χ4n) is 2.67. The Morgan fingerprint density at radius 2 is 1.72 bits per heavy atom.